The Bertz CT molecular complexity index is 736. The van der Waals surface area contributed by atoms with Crippen molar-refractivity contribution < 1.29 is 14.7 Å². The lowest BCUT2D eigenvalue weighted by Crippen LogP contribution is -2.40. The van der Waals surface area contributed by atoms with E-state index in [1.165, 1.54) is 0 Å². The van der Waals surface area contributed by atoms with Gasteiger partial charge in [0.2, 0.25) is 11.8 Å². The van der Waals surface area contributed by atoms with E-state index in [4.69, 9.17) is 5.11 Å². The molecule has 0 aliphatic carbocycles. The van der Waals surface area contributed by atoms with E-state index in [0.717, 1.165) is 18.4 Å². The highest BCUT2D eigenvalue weighted by atomic mass is 16.3. The summed E-state index contributed by atoms with van der Waals surface area (Å²) in [5.41, 5.74) is 1.14. The first kappa shape index (κ1) is 18.1. The van der Waals surface area contributed by atoms with Gasteiger partial charge in [-0.25, -0.2) is 4.68 Å². The van der Waals surface area contributed by atoms with Gasteiger partial charge in [0.25, 0.3) is 0 Å². The van der Waals surface area contributed by atoms with Gasteiger partial charge in [-0.3, -0.25) is 9.59 Å². The summed E-state index contributed by atoms with van der Waals surface area (Å²) < 4.78 is 1.83. The van der Waals surface area contributed by atoms with Crippen molar-refractivity contribution in [1.82, 2.24) is 14.7 Å². The van der Waals surface area contributed by atoms with Crippen LogP contribution in [-0.4, -0.2) is 51.3 Å². The number of nitrogens with one attached hydrogen (secondary N) is 1. The largest absolute Gasteiger partial charge is 0.387 e. The van der Waals surface area contributed by atoms with Crippen molar-refractivity contribution in [2.24, 2.45) is 0 Å². The van der Waals surface area contributed by atoms with E-state index >= 15 is 0 Å². The molecule has 0 radical (unpaired) electrons. The molecule has 1 saturated heterocycles. The summed E-state index contributed by atoms with van der Waals surface area (Å²) in [6.45, 7) is 0.728. The SMILES string of the molecule is O=C(CCc1ccccc1)Nc1ccnn1C1CCN(C(=O)CO)CC1. The van der Waals surface area contributed by atoms with E-state index in [-0.39, 0.29) is 17.9 Å². The van der Waals surface area contributed by atoms with E-state index in [1.54, 1.807) is 17.2 Å². The summed E-state index contributed by atoms with van der Waals surface area (Å²) in [6.07, 6.45) is 4.29. The number of hydrogen-bond acceptors (Lipinski definition) is 4. The summed E-state index contributed by atoms with van der Waals surface area (Å²) in [4.78, 5) is 25.5. The highest BCUT2D eigenvalue weighted by Gasteiger charge is 2.25. The number of amides is 2. The van der Waals surface area contributed by atoms with Gasteiger partial charge in [-0.15, -0.1) is 0 Å². The van der Waals surface area contributed by atoms with Crippen molar-refractivity contribution in [2.75, 3.05) is 25.0 Å². The van der Waals surface area contributed by atoms with Crippen molar-refractivity contribution in [1.29, 1.82) is 0 Å². The summed E-state index contributed by atoms with van der Waals surface area (Å²) in [6, 6.07) is 11.9. The average molecular weight is 356 g/mol. The number of aliphatic hydroxyl groups excluding tert-OH is 1. The summed E-state index contributed by atoms with van der Waals surface area (Å²) in [5.74, 6) is 0.414. The first-order chi connectivity index (χ1) is 12.7. The van der Waals surface area contributed by atoms with Gasteiger partial charge in [-0.05, 0) is 24.8 Å². The van der Waals surface area contributed by atoms with E-state index in [9.17, 15) is 9.59 Å². The fourth-order valence-corrected chi connectivity index (χ4v) is 3.27. The van der Waals surface area contributed by atoms with Crippen LogP contribution in [0.15, 0.2) is 42.6 Å². The fraction of sp³-hybridized carbons (Fsp3) is 0.421. The molecular weight excluding hydrogens is 332 g/mol. The number of piperidine rings is 1. The van der Waals surface area contributed by atoms with Gasteiger partial charge in [-0.2, -0.15) is 5.10 Å². The lowest BCUT2D eigenvalue weighted by molar-refractivity contribution is -0.135. The Kier molecular flexibility index (Phi) is 6.01. The van der Waals surface area contributed by atoms with Crippen LogP contribution in [0.3, 0.4) is 0 Å². The second kappa shape index (κ2) is 8.62. The number of rotatable bonds is 6. The molecular formula is C19H24N4O3. The normalized spacial score (nSPS) is 15.0. The van der Waals surface area contributed by atoms with E-state index in [2.05, 4.69) is 10.4 Å². The molecule has 1 aromatic heterocycles. The molecule has 3 rings (SSSR count). The lowest BCUT2D eigenvalue weighted by atomic mass is 10.1. The van der Waals surface area contributed by atoms with E-state index in [1.807, 2.05) is 35.0 Å². The van der Waals surface area contributed by atoms with Gasteiger partial charge in [0.1, 0.15) is 12.4 Å². The number of carbonyl (C=O) groups is 2. The first-order valence-electron chi connectivity index (χ1n) is 8.93. The van der Waals surface area contributed by atoms with Crippen molar-refractivity contribution in [3.63, 3.8) is 0 Å². The molecule has 138 valence electrons. The predicted molar refractivity (Wildman–Crippen MR) is 97.6 cm³/mol. The molecule has 1 fully saturated rings. The molecule has 0 saturated carbocycles. The fourth-order valence-electron chi connectivity index (χ4n) is 3.27. The smallest absolute Gasteiger partial charge is 0.248 e. The minimum atomic E-state index is -0.449. The Hall–Kier alpha value is -2.67. The van der Waals surface area contributed by atoms with Gasteiger partial charge in [0.05, 0.1) is 12.2 Å². The summed E-state index contributed by atoms with van der Waals surface area (Å²) >= 11 is 0. The minimum absolute atomic E-state index is 0.0384. The molecule has 7 heteroatoms. The Morgan fingerprint density at radius 1 is 1.15 bits per heavy atom. The Morgan fingerprint density at radius 2 is 1.88 bits per heavy atom. The maximum Gasteiger partial charge on any atom is 0.248 e. The Labute approximate surface area is 152 Å². The average Bonchev–Trinajstić information content (AvgIpc) is 3.14. The highest BCUT2D eigenvalue weighted by molar-refractivity contribution is 5.90. The molecule has 0 bridgehead atoms. The van der Waals surface area contributed by atoms with Gasteiger partial charge in [0.15, 0.2) is 0 Å². The van der Waals surface area contributed by atoms with Crippen LogP contribution in [0.2, 0.25) is 0 Å². The summed E-state index contributed by atoms with van der Waals surface area (Å²) in [5, 5.41) is 16.3. The van der Waals surface area contributed by atoms with Crippen molar-refractivity contribution >= 4 is 17.6 Å². The van der Waals surface area contributed by atoms with Crippen LogP contribution in [0.25, 0.3) is 0 Å². The zero-order chi connectivity index (χ0) is 18.4. The number of aryl methyl sites for hydroxylation is 1. The third kappa shape index (κ3) is 4.49. The molecule has 1 aliphatic rings. The quantitative estimate of drug-likeness (QED) is 0.823. The molecule has 2 N–H and O–H groups in total. The van der Waals surface area contributed by atoms with E-state index in [0.29, 0.717) is 31.7 Å². The van der Waals surface area contributed by atoms with Crippen LogP contribution in [0.4, 0.5) is 5.82 Å². The van der Waals surface area contributed by atoms with Crippen LogP contribution < -0.4 is 5.32 Å². The predicted octanol–water partition coefficient (Wildman–Crippen LogP) is 1.61. The highest BCUT2D eigenvalue weighted by Crippen LogP contribution is 2.25. The van der Waals surface area contributed by atoms with Gasteiger partial charge in [-0.1, -0.05) is 30.3 Å². The van der Waals surface area contributed by atoms with Crippen molar-refractivity contribution in [3.8, 4) is 0 Å². The standard InChI is InChI=1S/C19H24N4O3/c24-14-19(26)22-12-9-16(10-13-22)23-17(8-11-20-23)21-18(25)7-6-15-4-2-1-3-5-15/h1-5,8,11,16,24H,6-7,9-10,12-14H2,(H,21,25). The molecule has 2 amide bonds. The number of nitrogens with zero attached hydrogens (tertiary/aromatic N) is 3. The number of aliphatic hydroxyl groups is 1. The molecule has 2 aromatic rings. The van der Waals surface area contributed by atoms with Crippen LogP contribution >= 0.6 is 0 Å². The molecule has 7 nitrogen and oxygen atoms in total. The zero-order valence-electron chi connectivity index (χ0n) is 14.7. The summed E-state index contributed by atoms with van der Waals surface area (Å²) in [7, 11) is 0. The molecule has 1 aromatic carbocycles. The van der Waals surface area contributed by atoms with E-state index < -0.39 is 6.61 Å². The lowest BCUT2D eigenvalue weighted by Gasteiger charge is -2.32. The Morgan fingerprint density at radius 3 is 2.58 bits per heavy atom. The topological polar surface area (TPSA) is 87.5 Å². The second-order valence-electron chi connectivity index (χ2n) is 6.46. The number of aromatic nitrogens is 2. The third-order valence-electron chi connectivity index (χ3n) is 4.72. The molecule has 0 unspecified atom stereocenters. The van der Waals surface area contributed by atoms with Crippen LogP contribution in [0.5, 0.6) is 0 Å². The first-order valence-corrected chi connectivity index (χ1v) is 8.93. The molecule has 1 aliphatic heterocycles. The minimum Gasteiger partial charge on any atom is -0.387 e. The van der Waals surface area contributed by atoms with Crippen molar-refractivity contribution in [3.05, 3.63) is 48.2 Å². The number of carbonyl (C=O) groups excluding carboxylic acids is 2. The maximum absolute atomic E-state index is 12.3. The van der Waals surface area contributed by atoms with Gasteiger partial charge >= 0.3 is 0 Å². The number of benzene rings is 1. The van der Waals surface area contributed by atoms with Crippen molar-refractivity contribution in [2.45, 2.75) is 31.7 Å². The number of likely N-dealkylation sites (tertiary alicyclic amines) is 1. The number of hydrogen-bond donors (Lipinski definition) is 2. The molecule has 26 heavy (non-hydrogen) atoms. The monoisotopic (exact) mass is 356 g/mol. The van der Waals surface area contributed by atoms with Crippen LogP contribution in [0.1, 0.15) is 30.9 Å². The number of anilines is 1. The Balaban J connectivity index is 1.54. The molecule has 0 spiro atoms. The van der Waals surface area contributed by atoms with Crippen LogP contribution in [-0.2, 0) is 16.0 Å². The molecule has 2 heterocycles. The third-order valence-corrected chi connectivity index (χ3v) is 4.72. The molecule has 0 atom stereocenters. The zero-order valence-corrected chi connectivity index (χ0v) is 14.7. The van der Waals surface area contributed by atoms with Crippen LogP contribution in [0, 0.1) is 0 Å². The van der Waals surface area contributed by atoms with Gasteiger partial charge < -0.3 is 15.3 Å². The maximum atomic E-state index is 12.3. The van der Waals surface area contributed by atoms with Gasteiger partial charge in [0, 0.05) is 25.6 Å². The second-order valence-corrected chi connectivity index (χ2v) is 6.46.